The molecule has 14 nitrogen and oxygen atoms in total. The molecule has 0 saturated heterocycles. The molecule has 0 aromatic heterocycles. The Morgan fingerprint density at radius 3 is 1.84 bits per heavy atom. The maximum atomic E-state index is 12.6. The van der Waals surface area contributed by atoms with Crippen molar-refractivity contribution >= 4 is 27.6 Å². The second kappa shape index (κ2) is 35.5. The Morgan fingerprint density at radius 2 is 1.21 bits per heavy atom. The summed E-state index contributed by atoms with van der Waals surface area (Å²) in [4.78, 5) is 52.4. The third kappa shape index (κ3) is 40.1. The van der Waals surface area contributed by atoms with Crippen molar-refractivity contribution in [2.75, 3.05) is 26.4 Å². The minimum absolute atomic E-state index is 0.0513. The lowest BCUT2D eigenvalue weighted by Crippen LogP contribution is -2.29. The van der Waals surface area contributed by atoms with Crippen LogP contribution in [-0.4, -0.2) is 81.6 Å². The van der Waals surface area contributed by atoms with Gasteiger partial charge in [-0.15, -0.1) is 0 Å². The van der Waals surface area contributed by atoms with Gasteiger partial charge >= 0.3 is 27.6 Å². The van der Waals surface area contributed by atoms with Gasteiger partial charge in [0.15, 0.2) is 6.10 Å². The predicted molar refractivity (Wildman–Crippen MR) is 222 cm³/mol. The fourth-order valence-corrected chi connectivity index (χ4v) is 5.97. The second-order valence-corrected chi connectivity index (χ2v) is 16.6. The van der Waals surface area contributed by atoms with Crippen molar-refractivity contribution < 1.29 is 66.7 Å². The highest BCUT2D eigenvalue weighted by Crippen LogP contribution is 2.43. The minimum Gasteiger partial charge on any atom is -0.462 e. The van der Waals surface area contributed by atoms with Gasteiger partial charge in [-0.1, -0.05) is 139 Å². The van der Waals surface area contributed by atoms with Crippen LogP contribution in [0, 0.1) is 5.92 Å². The summed E-state index contributed by atoms with van der Waals surface area (Å²) in [6.07, 6.45) is 32.8. The molecular formula is C41H70O14P2. The molecule has 4 atom stereocenters. The summed E-state index contributed by atoms with van der Waals surface area (Å²) in [5.41, 5.74) is 0. The van der Waals surface area contributed by atoms with Crippen LogP contribution in [0.2, 0.25) is 0 Å². The molecule has 16 heteroatoms. The number of ether oxygens (including phenoxy) is 2. The molecule has 0 bridgehead atoms. The number of aliphatic hydroxyl groups is 2. The normalized spacial score (nSPS) is 15.5. The number of carbonyl (C=O) groups is 2. The lowest BCUT2D eigenvalue weighted by atomic mass is 10.0. The number of hydrogen-bond acceptors (Lipinski definition) is 11. The van der Waals surface area contributed by atoms with Crippen molar-refractivity contribution in [1.82, 2.24) is 0 Å². The number of carbonyl (C=O) groups excluding carboxylic acids is 2. The number of phosphoric ester groups is 2. The summed E-state index contributed by atoms with van der Waals surface area (Å²) >= 11 is 0. The molecular weight excluding hydrogens is 778 g/mol. The first kappa shape index (κ1) is 54.5. The van der Waals surface area contributed by atoms with E-state index in [9.17, 15) is 33.8 Å². The van der Waals surface area contributed by atoms with Crippen molar-refractivity contribution in [1.29, 1.82) is 0 Å². The summed E-state index contributed by atoms with van der Waals surface area (Å²) in [5.74, 6) is -0.457. The van der Waals surface area contributed by atoms with Crippen LogP contribution in [0.3, 0.4) is 0 Å². The van der Waals surface area contributed by atoms with Gasteiger partial charge in [-0.2, -0.15) is 0 Å². The predicted octanol–water partition coefficient (Wildman–Crippen LogP) is 8.66. The van der Waals surface area contributed by atoms with Crippen molar-refractivity contribution in [2.45, 2.75) is 142 Å². The zero-order valence-corrected chi connectivity index (χ0v) is 36.0. The Bertz CT molecular complexity index is 1320. The standard InChI is InChI=1S/C41H70O14P2/c1-4-5-22-28-37(42)29-24-19-15-11-9-7-6-8-10-12-16-20-25-30-40(44)51-34-39(35-54-57(49,50)53-33-38(43)32-52-56(46,47)48)55-41(45)31-26-21-17-13-14-18-23-27-36(2)3/h5,7-10,15-16,19-20,22,24,29,36-39,42-43H,4,6,11-14,17-18,21,23,25-28,30-35H2,1-3H3,(H,49,50)(H2,46,47,48)/b9-7-,10-8-,19-15+,20-16-,22-5-,29-24+/t37?,38-,39+/m0/s1. The van der Waals surface area contributed by atoms with Crippen LogP contribution in [0.15, 0.2) is 72.9 Å². The maximum absolute atomic E-state index is 12.6. The van der Waals surface area contributed by atoms with Crippen LogP contribution in [-0.2, 0) is 41.8 Å². The Hall–Kier alpha value is -2.48. The number of aliphatic hydroxyl groups excluding tert-OH is 2. The molecule has 0 fully saturated rings. The van der Waals surface area contributed by atoms with E-state index < -0.39 is 72.3 Å². The Labute approximate surface area is 340 Å². The van der Waals surface area contributed by atoms with Gasteiger partial charge in [0.25, 0.3) is 0 Å². The average Bonchev–Trinajstić information content (AvgIpc) is 3.14. The van der Waals surface area contributed by atoms with Crippen molar-refractivity contribution in [2.24, 2.45) is 5.92 Å². The molecule has 0 saturated carbocycles. The number of esters is 2. The molecule has 2 unspecified atom stereocenters. The fourth-order valence-electron chi connectivity index (χ4n) is 4.82. The molecule has 328 valence electrons. The topological polar surface area (TPSA) is 216 Å². The lowest BCUT2D eigenvalue weighted by molar-refractivity contribution is -0.161. The highest BCUT2D eigenvalue weighted by molar-refractivity contribution is 7.47. The number of phosphoric acid groups is 2. The zero-order chi connectivity index (χ0) is 42.6. The van der Waals surface area contributed by atoms with Gasteiger partial charge in [-0.3, -0.25) is 23.2 Å². The quantitative estimate of drug-likeness (QED) is 0.0131. The molecule has 0 spiro atoms. The first-order chi connectivity index (χ1) is 27.1. The highest BCUT2D eigenvalue weighted by atomic mass is 31.2. The SMILES string of the molecule is CC/C=C\CC(O)/C=C/C=C/C/C=C\C/C=C\C/C=C\CCC(=O)OC[C@H](COP(=O)(O)OC[C@@H](O)COP(=O)(O)O)OC(=O)CCCCCCCCCC(C)C. The Morgan fingerprint density at radius 1 is 0.632 bits per heavy atom. The Balaban J connectivity index is 4.68. The molecule has 57 heavy (non-hydrogen) atoms. The van der Waals surface area contributed by atoms with E-state index in [-0.39, 0.29) is 12.8 Å². The number of unbranched alkanes of at least 4 members (excludes halogenated alkanes) is 6. The smallest absolute Gasteiger partial charge is 0.462 e. The maximum Gasteiger partial charge on any atom is 0.472 e. The van der Waals surface area contributed by atoms with Gasteiger partial charge in [-0.05, 0) is 50.9 Å². The van der Waals surface area contributed by atoms with E-state index in [0.29, 0.717) is 31.6 Å². The molecule has 0 aliphatic heterocycles. The second-order valence-electron chi connectivity index (χ2n) is 13.9. The van der Waals surface area contributed by atoms with E-state index in [1.807, 2.05) is 54.7 Å². The molecule has 5 N–H and O–H groups in total. The summed E-state index contributed by atoms with van der Waals surface area (Å²) in [6, 6.07) is 0. The van der Waals surface area contributed by atoms with Crippen LogP contribution in [0.4, 0.5) is 0 Å². The number of rotatable bonds is 36. The molecule has 0 aliphatic rings. The third-order valence-corrected chi connectivity index (χ3v) is 9.31. The van der Waals surface area contributed by atoms with Crippen molar-refractivity contribution in [3.63, 3.8) is 0 Å². The van der Waals surface area contributed by atoms with Gasteiger partial charge in [0, 0.05) is 12.8 Å². The fraction of sp³-hybridized carbons (Fsp3) is 0.659. The molecule has 0 amide bonds. The van der Waals surface area contributed by atoms with E-state index in [1.165, 1.54) is 19.3 Å². The lowest BCUT2D eigenvalue weighted by Gasteiger charge is -2.20. The van der Waals surface area contributed by atoms with Crippen LogP contribution in [0.1, 0.15) is 124 Å². The van der Waals surface area contributed by atoms with E-state index in [0.717, 1.165) is 44.9 Å². The van der Waals surface area contributed by atoms with E-state index >= 15 is 0 Å². The first-order valence-corrected chi connectivity index (χ1v) is 23.1. The van der Waals surface area contributed by atoms with Crippen molar-refractivity contribution in [3.8, 4) is 0 Å². The van der Waals surface area contributed by atoms with E-state index in [4.69, 9.17) is 23.8 Å². The molecule has 0 aromatic rings. The molecule has 0 aliphatic carbocycles. The number of allylic oxidation sites excluding steroid dienone is 10. The van der Waals surface area contributed by atoms with E-state index in [2.05, 4.69) is 42.0 Å². The molecule has 0 aromatic carbocycles. The molecule has 0 radical (unpaired) electrons. The van der Waals surface area contributed by atoms with Crippen LogP contribution in [0.25, 0.3) is 0 Å². The van der Waals surface area contributed by atoms with Crippen LogP contribution in [0.5, 0.6) is 0 Å². The summed E-state index contributed by atoms with van der Waals surface area (Å²) in [5, 5.41) is 19.5. The zero-order valence-electron chi connectivity index (χ0n) is 34.2. The first-order valence-electron chi connectivity index (χ1n) is 20.1. The highest BCUT2D eigenvalue weighted by Gasteiger charge is 2.28. The monoisotopic (exact) mass is 848 g/mol. The largest absolute Gasteiger partial charge is 0.472 e. The van der Waals surface area contributed by atoms with Gasteiger partial charge < -0.3 is 34.4 Å². The van der Waals surface area contributed by atoms with Gasteiger partial charge in [0.05, 0.1) is 25.9 Å². The third-order valence-electron chi connectivity index (χ3n) is 7.87. The van der Waals surface area contributed by atoms with E-state index in [1.54, 1.807) is 6.08 Å². The summed E-state index contributed by atoms with van der Waals surface area (Å²) in [7, 11) is -9.70. The van der Waals surface area contributed by atoms with Gasteiger partial charge in [0.1, 0.15) is 12.7 Å². The van der Waals surface area contributed by atoms with Crippen LogP contribution >= 0.6 is 15.6 Å². The van der Waals surface area contributed by atoms with Crippen molar-refractivity contribution in [3.05, 3.63) is 72.9 Å². The minimum atomic E-state index is -4.87. The van der Waals surface area contributed by atoms with Gasteiger partial charge in [-0.25, -0.2) is 9.13 Å². The molecule has 0 rings (SSSR count). The summed E-state index contributed by atoms with van der Waals surface area (Å²) < 4.78 is 47.5. The average molecular weight is 849 g/mol. The number of hydrogen-bond donors (Lipinski definition) is 5. The summed E-state index contributed by atoms with van der Waals surface area (Å²) in [6.45, 7) is 3.65. The Kier molecular flexibility index (Phi) is 33.9. The van der Waals surface area contributed by atoms with Crippen LogP contribution < -0.4 is 0 Å². The van der Waals surface area contributed by atoms with Gasteiger partial charge in [0.2, 0.25) is 0 Å². The molecule has 0 heterocycles.